The molecule has 0 unspecified atom stereocenters. The van der Waals surface area contributed by atoms with Crippen LogP contribution >= 0.6 is 0 Å². The second-order valence-corrected chi connectivity index (χ2v) is 13.9. The molecule has 0 rings (SSSR count). The van der Waals surface area contributed by atoms with Crippen LogP contribution in [-0.2, 0) is 27.3 Å². The predicted molar refractivity (Wildman–Crippen MR) is 72.8 cm³/mol. The van der Waals surface area contributed by atoms with Gasteiger partial charge in [-0.1, -0.05) is 0 Å². The molecular weight excluding hydrogens is 327 g/mol. The van der Waals surface area contributed by atoms with Gasteiger partial charge in [-0.05, 0) is 0 Å². The van der Waals surface area contributed by atoms with E-state index in [-0.39, 0.29) is 0 Å². The van der Waals surface area contributed by atoms with Crippen molar-refractivity contribution >= 4 is 8.32 Å². The fourth-order valence-electron chi connectivity index (χ4n) is 2.44. The molecule has 0 saturated heterocycles. The SMILES string of the molecule is CCC[O][Zr]([OH])([OH])[O][Si](CCC)(CCC)CCC. The molecule has 0 aromatic carbocycles. The molecule has 0 spiro atoms. The molecule has 2 N–H and O–H groups in total. The molecule has 0 aliphatic heterocycles. The van der Waals surface area contributed by atoms with Crippen LogP contribution in [0.25, 0.3) is 0 Å². The molecule has 0 fully saturated rings. The average Bonchev–Trinajstić information content (AvgIpc) is 2.27. The van der Waals surface area contributed by atoms with Crippen molar-refractivity contribution in [2.75, 3.05) is 6.61 Å². The van der Waals surface area contributed by atoms with E-state index in [0.717, 1.165) is 43.8 Å². The van der Waals surface area contributed by atoms with Gasteiger partial charge in [-0.2, -0.15) is 0 Å². The summed E-state index contributed by atoms with van der Waals surface area (Å²) in [4.78, 5) is 0. The molecule has 0 aliphatic rings. The minimum absolute atomic E-state index is 0.387. The molecule has 6 heteroatoms. The van der Waals surface area contributed by atoms with E-state index in [4.69, 9.17) is 5.32 Å². The third-order valence-corrected chi connectivity index (χ3v) is 14.5. The summed E-state index contributed by atoms with van der Waals surface area (Å²) in [5.74, 6) is 0. The van der Waals surface area contributed by atoms with Gasteiger partial charge in [0.15, 0.2) is 0 Å². The number of hydrogen-bond acceptors (Lipinski definition) is 4. The molecular formula is C12H30O4SiZr. The summed E-state index contributed by atoms with van der Waals surface area (Å²) in [7, 11) is -2.01. The van der Waals surface area contributed by atoms with Gasteiger partial charge in [0.05, 0.1) is 0 Å². The summed E-state index contributed by atoms with van der Waals surface area (Å²) in [5, 5.41) is 0. The van der Waals surface area contributed by atoms with Gasteiger partial charge in [0, 0.05) is 0 Å². The van der Waals surface area contributed by atoms with Crippen molar-refractivity contribution in [1.29, 1.82) is 0 Å². The van der Waals surface area contributed by atoms with Crippen molar-refractivity contribution in [3.63, 3.8) is 0 Å². The van der Waals surface area contributed by atoms with Crippen LogP contribution in [0.4, 0.5) is 0 Å². The van der Waals surface area contributed by atoms with E-state index >= 15 is 0 Å². The number of hydrogen-bond donors (Lipinski definition) is 2. The van der Waals surface area contributed by atoms with Crippen LogP contribution in [0.3, 0.4) is 0 Å². The molecule has 0 aliphatic carbocycles. The first kappa shape index (κ1) is 18.9. The molecule has 0 heterocycles. The van der Waals surface area contributed by atoms with Crippen LogP contribution < -0.4 is 0 Å². The van der Waals surface area contributed by atoms with E-state index in [9.17, 15) is 6.37 Å². The first-order chi connectivity index (χ1) is 8.45. The monoisotopic (exact) mass is 356 g/mol. The summed E-state index contributed by atoms with van der Waals surface area (Å²) in [6.07, 6.45) is 3.92. The maximum absolute atomic E-state index is 10.0. The Balaban J connectivity index is 4.71. The van der Waals surface area contributed by atoms with Gasteiger partial charge in [-0.15, -0.1) is 0 Å². The van der Waals surface area contributed by atoms with Gasteiger partial charge in [0.1, 0.15) is 0 Å². The second-order valence-electron chi connectivity index (χ2n) is 4.93. The van der Waals surface area contributed by atoms with Gasteiger partial charge in [-0.25, -0.2) is 0 Å². The Labute approximate surface area is 120 Å². The summed E-state index contributed by atoms with van der Waals surface area (Å²) in [5.41, 5.74) is 0. The zero-order valence-corrected chi connectivity index (χ0v) is 15.8. The molecule has 4 nitrogen and oxygen atoms in total. The molecule has 18 heavy (non-hydrogen) atoms. The Kier molecular flexibility index (Phi) is 10.3. The van der Waals surface area contributed by atoms with Crippen molar-refractivity contribution in [3.8, 4) is 0 Å². The van der Waals surface area contributed by atoms with Crippen molar-refractivity contribution in [2.45, 2.75) is 71.5 Å². The fraction of sp³-hybridized carbons (Fsp3) is 1.00. The van der Waals surface area contributed by atoms with Crippen LogP contribution in [0.5, 0.6) is 0 Å². The van der Waals surface area contributed by atoms with Gasteiger partial charge in [0.25, 0.3) is 0 Å². The molecule has 0 bridgehead atoms. The molecule has 0 saturated carbocycles. The van der Waals surface area contributed by atoms with Crippen molar-refractivity contribution in [2.24, 2.45) is 0 Å². The standard InChI is InChI=1S/C9H21OSi.C3H7O.2H2O.Zr/c1-4-7-11(10,8-5-2)9-6-3;1-2-3-4;;;/h4-9H2,1-3H3;2-3H2,1H3;2*1H2;/q2*-1;;;+4/p-2. The molecule has 0 radical (unpaired) electrons. The van der Waals surface area contributed by atoms with Crippen LogP contribution in [0.1, 0.15) is 53.4 Å². The Hall–Kier alpha value is 0.940. The van der Waals surface area contributed by atoms with Crippen LogP contribution in [0, 0.1) is 0 Å². The summed E-state index contributed by atoms with van der Waals surface area (Å²) in [6.45, 7) is 8.74. The van der Waals surface area contributed by atoms with Crippen LogP contribution in [0.2, 0.25) is 18.1 Å². The molecule has 0 aromatic rings. The minimum atomic E-state index is -4.68. The van der Waals surface area contributed by atoms with E-state index in [1.54, 1.807) is 0 Å². The Bertz CT molecular complexity index is 197. The van der Waals surface area contributed by atoms with E-state index in [1.807, 2.05) is 6.92 Å². The van der Waals surface area contributed by atoms with E-state index < -0.39 is 30.3 Å². The Morgan fingerprint density at radius 2 is 1.28 bits per heavy atom. The Morgan fingerprint density at radius 1 is 0.833 bits per heavy atom. The molecule has 0 atom stereocenters. The van der Waals surface area contributed by atoms with Crippen molar-refractivity contribution in [1.82, 2.24) is 0 Å². The van der Waals surface area contributed by atoms with Crippen molar-refractivity contribution < 1.29 is 33.7 Å². The molecule has 0 amide bonds. The van der Waals surface area contributed by atoms with E-state index in [2.05, 4.69) is 20.8 Å². The third-order valence-electron chi connectivity index (χ3n) is 2.96. The van der Waals surface area contributed by atoms with Crippen LogP contribution in [-0.4, -0.2) is 21.3 Å². The number of rotatable bonds is 11. The topological polar surface area (TPSA) is 58.9 Å². The summed E-state index contributed by atoms with van der Waals surface area (Å²) < 4.78 is 31.1. The predicted octanol–water partition coefficient (Wildman–Crippen LogP) is 3.40. The molecule has 0 aromatic heterocycles. The summed E-state index contributed by atoms with van der Waals surface area (Å²) in [6, 6.07) is 3.01. The normalized spacial score (nSPS) is 13.0. The maximum atomic E-state index is 10.0. The average molecular weight is 358 g/mol. The van der Waals surface area contributed by atoms with Gasteiger partial charge < -0.3 is 0 Å². The first-order valence-corrected chi connectivity index (χ1v) is 14.0. The fourth-order valence-corrected chi connectivity index (χ4v) is 14.9. The first-order valence-electron chi connectivity index (χ1n) is 7.24. The summed E-state index contributed by atoms with van der Waals surface area (Å²) >= 11 is -4.68. The Morgan fingerprint density at radius 3 is 1.61 bits per heavy atom. The zero-order valence-electron chi connectivity index (χ0n) is 12.4. The van der Waals surface area contributed by atoms with Gasteiger partial charge >= 0.3 is 120 Å². The zero-order chi connectivity index (χ0) is 14.1. The van der Waals surface area contributed by atoms with E-state index in [0.29, 0.717) is 6.61 Å². The second kappa shape index (κ2) is 9.78. The van der Waals surface area contributed by atoms with Crippen LogP contribution in [0.15, 0.2) is 0 Å². The molecule has 110 valence electrons. The van der Waals surface area contributed by atoms with Crippen molar-refractivity contribution in [3.05, 3.63) is 0 Å². The van der Waals surface area contributed by atoms with Gasteiger partial charge in [-0.3, -0.25) is 0 Å². The third kappa shape index (κ3) is 7.51. The quantitative estimate of drug-likeness (QED) is 0.556. The van der Waals surface area contributed by atoms with E-state index in [1.165, 1.54) is 0 Å². The van der Waals surface area contributed by atoms with Gasteiger partial charge in [0.2, 0.25) is 0 Å².